The molecule has 1 fully saturated rings. The van der Waals surface area contributed by atoms with Crippen LogP contribution in [0.15, 0.2) is 48.5 Å². The van der Waals surface area contributed by atoms with Crippen molar-refractivity contribution in [1.82, 2.24) is 14.8 Å². The number of amides is 2. The number of hydrogen-bond acceptors (Lipinski definition) is 4. The number of fused-ring (bicyclic) bond motifs is 3. The molecule has 190 valence electrons. The van der Waals surface area contributed by atoms with Crippen molar-refractivity contribution in [3.8, 4) is 11.5 Å². The molecule has 1 aliphatic carbocycles. The van der Waals surface area contributed by atoms with Crippen molar-refractivity contribution < 1.29 is 19.1 Å². The molecule has 1 saturated carbocycles. The maximum Gasteiger partial charge on any atom is 0.271 e. The van der Waals surface area contributed by atoms with Gasteiger partial charge in [0.1, 0.15) is 22.7 Å². The predicted octanol–water partition coefficient (Wildman–Crippen LogP) is 4.91. The number of aromatic nitrogens is 1. The molecule has 5 rings (SSSR count). The lowest BCUT2D eigenvalue weighted by Crippen LogP contribution is -2.64. The fourth-order valence-corrected chi connectivity index (χ4v) is 5.62. The molecule has 2 aromatic carbocycles. The summed E-state index contributed by atoms with van der Waals surface area (Å²) in [6.07, 6.45) is 6.65. The third-order valence-electron chi connectivity index (χ3n) is 7.79. The third kappa shape index (κ3) is 4.43. The molecule has 3 aromatic rings. The van der Waals surface area contributed by atoms with Gasteiger partial charge in [-0.1, -0.05) is 37.8 Å². The Kier molecular flexibility index (Phi) is 6.65. The molecular formula is C29H35N3O4. The molecule has 0 bridgehead atoms. The molecule has 2 heterocycles. The minimum atomic E-state index is -1.06. The molecule has 36 heavy (non-hydrogen) atoms. The molecule has 1 atom stereocenters. The monoisotopic (exact) mass is 489 g/mol. The zero-order valence-corrected chi connectivity index (χ0v) is 21.4. The van der Waals surface area contributed by atoms with Gasteiger partial charge in [-0.25, -0.2) is 0 Å². The summed E-state index contributed by atoms with van der Waals surface area (Å²) >= 11 is 0. The van der Waals surface area contributed by atoms with Crippen molar-refractivity contribution in [2.45, 2.75) is 70.1 Å². The van der Waals surface area contributed by atoms with Gasteiger partial charge in [-0.3, -0.25) is 9.59 Å². The van der Waals surface area contributed by atoms with E-state index in [2.05, 4.69) is 5.32 Å². The van der Waals surface area contributed by atoms with Gasteiger partial charge >= 0.3 is 0 Å². The van der Waals surface area contributed by atoms with Crippen LogP contribution in [0.25, 0.3) is 10.9 Å². The second-order valence-electron chi connectivity index (χ2n) is 10.2. The van der Waals surface area contributed by atoms with E-state index in [1.807, 2.05) is 60.0 Å². The van der Waals surface area contributed by atoms with E-state index in [0.29, 0.717) is 18.8 Å². The maximum atomic E-state index is 14.0. The van der Waals surface area contributed by atoms with Crippen molar-refractivity contribution in [2.75, 3.05) is 14.2 Å². The first-order chi connectivity index (χ1) is 17.4. The number of benzene rings is 2. The SMILES string of the molecule is COc1cccc(CN2C(=O)c3cc4ccc(OC)cc4n3C[C@]2(C)C(=O)NC2CCCCCC2)c1. The van der Waals surface area contributed by atoms with E-state index in [4.69, 9.17) is 9.47 Å². The summed E-state index contributed by atoms with van der Waals surface area (Å²) in [6.45, 7) is 2.58. The highest BCUT2D eigenvalue weighted by molar-refractivity contribution is 6.03. The Morgan fingerprint density at radius 3 is 2.44 bits per heavy atom. The van der Waals surface area contributed by atoms with Crippen LogP contribution in [0.5, 0.6) is 11.5 Å². The number of methoxy groups -OCH3 is 2. The summed E-state index contributed by atoms with van der Waals surface area (Å²) in [7, 11) is 3.26. The normalized spacial score (nSPS) is 20.6. The standard InChI is InChI=1S/C29H35N3O4/c1-29(28(34)30-22-10-6-4-5-7-11-22)19-31-25-17-24(36-3)14-13-21(25)16-26(31)27(33)32(29)18-20-9-8-12-23(15-20)35-2/h8-9,12-17,22H,4-7,10-11,18-19H2,1-3H3,(H,30,34)/t29-/m1/s1. The second kappa shape index (κ2) is 9.88. The molecule has 7 heteroatoms. The number of rotatable bonds is 6. The minimum Gasteiger partial charge on any atom is -0.497 e. The smallest absolute Gasteiger partial charge is 0.271 e. The topological polar surface area (TPSA) is 72.8 Å². The summed E-state index contributed by atoms with van der Waals surface area (Å²) in [6, 6.07) is 15.5. The summed E-state index contributed by atoms with van der Waals surface area (Å²) in [4.78, 5) is 29.8. The van der Waals surface area contributed by atoms with Gasteiger partial charge in [0.25, 0.3) is 5.91 Å². The largest absolute Gasteiger partial charge is 0.497 e. The Balaban J connectivity index is 1.55. The first kappa shape index (κ1) is 24.2. The van der Waals surface area contributed by atoms with E-state index in [1.165, 1.54) is 12.8 Å². The molecule has 7 nitrogen and oxygen atoms in total. The molecule has 2 amide bonds. The van der Waals surface area contributed by atoms with Crippen LogP contribution in [0.4, 0.5) is 0 Å². The van der Waals surface area contributed by atoms with Crippen molar-refractivity contribution in [3.63, 3.8) is 0 Å². The van der Waals surface area contributed by atoms with Crippen molar-refractivity contribution in [3.05, 3.63) is 59.8 Å². The summed E-state index contributed by atoms with van der Waals surface area (Å²) in [5, 5.41) is 4.28. The van der Waals surface area contributed by atoms with Gasteiger partial charge in [0.05, 0.1) is 26.3 Å². The Labute approximate surface area is 212 Å². The Bertz CT molecular complexity index is 1270. The van der Waals surface area contributed by atoms with Crippen LogP contribution in [-0.2, 0) is 17.9 Å². The van der Waals surface area contributed by atoms with Gasteiger partial charge in [0.15, 0.2) is 0 Å². The van der Waals surface area contributed by atoms with Crippen LogP contribution >= 0.6 is 0 Å². The van der Waals surface area contributed by atoms with Gasteiger partial charge in [-0.15, -0.1) is 0 Å². The molecule has 1 aromatic heterocycles. The Hall–Kier alpha value is -3.48. The number of nitrogens with one attached hydrogen (secondary N) is 1. The maximum absolute atomic E-state index is 14.0. The lowest BCUT2D eigenvalue weighted by molar-refractivity contribution is -0.134. The van der Waals surface area contributed by atoms with Gasteiger partial charge in [0.2, 0.25) is 5.91 Å². The molecule has 1 aliphatic heterocycles. The van der Waals surface area contributed by atoms with E-state index in [0.717, 1.165) is 53.6 Å². The quantitative estimate of drug-likeness (QED) is 0.499. The van der Waals surface area contributed by atoms with E-state index >= 15 is 0 Å². The van der Waals surface area contributed by atoms with E-state index in [1.54, 1.807) is 19.1 Å². The number of hydrogen-bond donors (Lipinski definition) is 1. The molecule has 0 radical (unpaired) electrons. The van der Waals surface area contributed by atoms with Crippen LogP contribution in [0.1, 0.15) is 61.5 Å². The zero-order valence-electron chi connectivity index (χ0n) is 21.4. The van der Waals surface area contributed by atoms with Gasteiger partial charge in [0, 0.05) is 24.0 Å². The average Bonchev–Trinajstić information content (AvgIpc) is 3.05. The van der Waals surface area contributed by atoms with Crippen LogP contribution in [-0.4, -0.2) is 47.1 Å². The fourth-order valence-electron chi connectivity index (χ4n) is 5.62. The summed E-state index contributed by atoms with van der Waals surface area (Å²) < 4.78 is 12.8. The van der Waals surface area contributed by atoms with Crippen LogP contribution in [0.3, 0.4) is 0 Å². The molecule has 2 aliphatic rings. The second-order valence-corrected chi connectivity index (χ2v) is 10.2. The minimum absolute atomic E-state index is 0.0963. The van der Waals surface area contributed by atoms with E-state index < -0.39 is 5.54 Å². The highest BCUT2D eigenvalue weighted by atomic mass is 16.5. The average molecular weight is 490 g/mol. The number of carbonyl (C=O) groups excluding carboxylic acids is 2. The van der Waals surface area contributed by atoms with E-state index in [-0.39, 0.29) is 17.9 Å². The molecule has 1 N–H and O–H groups in total. The lowest BCUT2D eigenvalue weighted by atomic mass is 9.93. The van der Waals surface area contributed by atoms with Gasteiger partial charge in [-0.05, 0) is 55.7 Å². The van der Waals surface area contributed by atoms with Crippen molar-refractivity contribution >= 4 is 22.7 Å². The predicted molar refractivity (Wildman–Crippen MR) is 139 cm³/mol. The molecule has 0 spiro atoms. The van der Waals surface area contributed by atoms with Crippen LogP contribution in [0.2, 0.25) is 0 Å². The number of carbonyl (C=O) groups is 2. The Morgan fingerprint density at radius 2 is 1.72 bits per heavy atom. The van der Waals surface area contributed by atoms with Gasteiger partial charge < -0.3 is 24.3 Å². The molecular weight excluding hydrogens is 454 g/mol. The van der Waals surface area contributed by atoms with Gasteiger partial charge in [-0.2, -0.15) is 0 Å². The fraction of sp³-hybridized carbons (Fsp3) is 0.448. The lowest BCUT2D eigenvalue weighted by Gasteiger charge is -2.44. The summed E-state index contributed by atoms with van der Waals surface area (Å²) in [5.41, 5.74) is 1.34. The van der Waals surface area contributed by atoms with Crippen molar-refractivity contribution in [1.29, 1.82) is 0 Å². The van der Waals surface area contributed by atoms with Crippen LogP contribution in [0, 0.1) is 0 Å². The first-order valence-corrected chi connectivity index (χ1v) is 12.9. The summed E-state index contributed by atoms with van der Waals surface area (Å²) in [5.74, 6) is 1.20. The third-order valence-corrected chi connectivity index (χ3v) is 7.79. The highest BCUT2D eigenvalue weighted by Crippen LogP contribution is 2.35. The number of ether oxygens (including phenoxy) is 2. The zero-order chi connectivity index (χ0) is 25.3. The van der Waals surface area contributed by atoms with Crippen molar-refractivity contribution in [2.24, 2.45) is 0 Å². The number of nitrogens with zero attached hydrogens (tertiary/aromatic N) is 2. The highest BCUT2D eigenvalue weighted by Gasteiger charge is 2.48. The molecule has 0 unspecified atom stereocenters. The van der Waals surface area contributed by atoms with Crippen LogP contribution < -0.4 is 14.8 Å². The molecule has 0 saturated heterocycles. The Morgan fingerprint density at radius 1 is 1.00 bits per heavy atom. The first-order valence-electron chi connectivity index (χ1n) is 12.9. The van der Waals surface area contributed by atoms with E-state index in [9.17, 15) is 9.59 Å².